The number of nitrogens with two attached hydrogens (primary N) is 1. The van der Waals surface area contributed by atoms with E-state index < -0.39 is 22.0 Å². The van der Waals surface area contributed by atoms with Crippen molar-refractivity contribution in [3.63, 3.8) is 0 Å². The minimum atomic E-state index is -3.63. The second kappa shape index (κ2) is 11.9. The van der Waals surface area contributed by atoms with Crippen LogP contribution in [0.15, 0.2) is 66.7 Å². The van der Waals surface area contributed by atoms with E-state index in [0.717, 1.165) is 67.2 Å². The van der Waals surface area contributed by atoms with Gasteiger partial charge in [0.1, 0.15) is 0 Å². The van der Waals surface area contributed by atoms with Gasteiger partial charge in [0.2, 0.25) is 10.0 Å². The molecule has 1 atom stereocenters. The molecule has 1 fully saturated rings. The van der Waals surface area contributed by atoms with Gasteiger partial charge in [0, 0.05) is 17.8 Å². The van der Waals surface area contributed by atoms with Crippen molar-refractivity contribution in [3.05, 3.63) is 89.0 Å². The minimum Gasteiger partial charge on any atom is -0.399 e. The number of hydrogen-bond donors (Lipinski definition) is 4. The molecule has 0 radical (unpaired) electrons. The molecule has 0 unspecified atom stereocenters. The lowest BCUT2D eigenvalue weighted by molar-refractivity contribution is 0.0980. The second-order valence-electron chi connectivity index (χ2n) is 9.82. The Morgan fingerprint density at radius 3 is 2.30 bits per heavy atom. The number of hydrogen-bond acceptors (Lipinski definition) is 6. The molecule has 5 N–H and O–H groups in total. The minimum absolute atomic E-state index is 0.259. The monoisotopic (exact) mass is 521 g/mol. The maximum Gasteiger partial charge on any atom is 0.265 e. The normalized spacial score (nSPS) is 15.0. The summed E-state index contributed by atoms with van der Waals surface area (Å²) in [5, 5.41) is 13.6. The number of nitrogen functional groups attached to an aromatic ring is 1. The summed E-state index contributed by atoms with van der Waals surface area (Å²) in [4.78, 5) is 12.7. The molecule has 0 aliphatic heterocycles. The highest BCUT2D eigenvalue weighted by Gasteiger charge is 2.24. The van der Waals surface area contributed by atoms with Crippen molar-refractivity contribution in [2.24, 2.45) is 0 Å². The number of anilines is 1. The van der Waals surface area contributed by atoms with Gasteiger partial charge in [-0.3, -0.25) is 4.79 Å². The first-order valence-electron chi connectivity index (χ1n) is 12.7. The van der Waals surface area contributed by atoms with E-state index >= 15 is 0 Å². The average Bonchev–Trinajstić information content (AvgIpc) is 3.41. The van der Waals surface area contributed by atoms with Gasteiger partial charge in [-0.2, -0.15) is 0 Å². The molecule has 0 spiro atoms. The number of benzene rings is 3. The van der Waals surface area contributed by atoms with Crippen molar-refractivity contribution in [2.45, 2.75) is 44.1 Å². The largest absolute Gasteiger partial charge is 0.399 e. The Morgan fingerprint density at radius 1 is 1.00 bits per heavy atom. The average molecular weight is 522 g/mol. The second-order valence-corrected chi connectivity index (χ2v) is 11.6. The zero-order valence-corrected chi connectivity index (χ0v) is 21.9. The van der Waals surface area contributed by atoms with Gasteiger partial charge in [-0.25, -0.2) is 13.1 Å². The van der Waals surface area contributed by atoms with Crippen LogP contribution >= 0.6 is 0 Å². The van der Waals surface area contributed by atoms with Crippen LogP contribution in [0.2, 0.25) is 0 Å². The van der Waals surface area contributed by atoms with Crippen LogP contribution in [0.25, 0.3) is 11.1 Å². The van der Waals surface area contributed by atoms with Crippen LogP contribution in [0.3, 0.4) is 0 Å². The highest BCUT2D eigenvalue weighted by atomic mass is 32.2. The Kier molecular flexibility index (Phi) is 8.63. The molecule has 196 valence electrons. The van der Waals surface area contributed by atoms with Gasteiger partial charge >= 0.3 is 0 Å². The Labute approximate surface area is 219 Å². The number of carbonyl (C=O) groups is 1. The number of carbonyl (C=O) groups excluding carboxylic acids is 1. The van der Waals surface area contributed by atoms with E-state index in [4.69, 9.17) is 5.73 Å². The van der Waals surface area contributed by atoms with Crippen LogP contribution in [-0.2, 0) is 16.4 Å². The van der Waals surface area contributed by atoms with Crippen LogP contribution < -0.4 is 15.8 Å². The molecular weight excluding hydrogens is 486 g/mol. The third-order valence-corrected chi connectivity index (χ3v) is 7.46. The highest BCUT2D eigenvalue weighted by Crippen LogP contribution is 2.38. The zero-order chi connectivity index (χ0) is 26.4. The molecule has 0 saturated heterocycles. The van der Waals surface area contributed by atoms with Gasteiger partial charge in [-0.05, 0) is 77.7 Å². The van der Waals surface area contributed by atoms with Gasteiger partial charge in [0.25, 0.3) is 5.91 Å². The topological polar surface area (TPSA) is 122 Å². The van der Waals surface area contributed by atoms with E-state index in [1.807, 2.05) is 24.3 Å². The van der Waals surface area contributed by atoms with Gasteiger partial charge in [0.15, 0.2) is 0 Å². The third-order valence-electron chi connectivity index (χ3n) is 6.91. The van der Waals surface area contributed by atoms with E-state index in [2.05, 4.69) is 34.3 Å². The quantitative estimate of drug-likeness (QED) is 0.235. The molecule has 0 heterocycles. The Hall–Kier alpha value is -3.20. The molecule has 1 saturated carbocycles. The Balaban J connectivity index is 1.39. The molecule has 7 nitrogen and oxygen atoms in total. The lowest BCUT2D eigenvalue weighted by Gasteiger charge is -2.17. The summed E-state index contributed by atoms with van der Waals surface area (Å²) in [5.41, 5.74) is 11.8. The van der Waals surface area contributed by atoms with Gasteiger partial charge in [-0.1, -0.05) is 61.4 Å². The SMILES string of the molecule is CS(=O)(=O)NC(=O)c1ccc(-c2ccc(CCNC[C@@H](O)c3ccc(N)cc3)cc2)cc1C1CCCC1. The van der Waals surface area contributed by atoms with Crippen molar-refractivity contribution in [2.75, 3.05) is 25.1 Å². The van der Waals surface area contributed by atoms with Crippen LogP contribution in [0.4, 0.5) is 5.69 Å². The van der Waals surface area contributed by atoms with Gasteiger partial charge in [-0.15, -0.1) is 0 Å². The van der Waals surface area contributed by atoms with Crippen molar-refractivity contribution in [3.8, 4) is 11.1 Å². The van der Waals surface area contributed by atoms with E-state index in [-0.39, 0.29) is 5.92 Å². The highest BCUT2D eigenvalue weighted by molar-refractivity contribution is 7.89. The smallest absolute Gasteiger partial charge is 0.265 e. The van der Waals surface area contributed by atoms with Gasteiger partial charge < -0.3 is 16.2 Å². The van der Waals surface area contributed by atoms with Crippen molar-refractivity contribution in [1.82, 2.24) is 10.0 Å². The van der Waals surface area contributed by atoms with Gasteiger partial charge in [0.05, 0.1) is 12.4 Å². The number of rotatable bonds is 10. The molecule has 3 aromatic carbocycles. The summed E-state index contributed by atoms with van der Waals surface area (Å²) in [6.07, 6.45) is 5.46. The number of sulfonamides is 1. The summed E-state index contributed by atoms with van der Waals surface area (Å²) in [6.45, 7) is 1.20. The van der Waals surface area contributed by atoms with Crippen molar-refractivity contribution >= 4 is 21.6 Å². The first-order chi connectivity index (χ1) is 17.7. The number of aliphatic hydroxyl groups is 1. The summed E-state index contributed by atoms with van der Waals surface area (Å²) in [6, 6.07) is 21.2. The van der Waals surface area contributed by atoms with E-state index in [1.165, 1.54) is 5.56 Å². The molecule has 0 bridgehead atoms. The lowest BCUT2D eigenvalue weighted by atomic mass is 9.89. The van der Waals surface area contributed by atoms with Crippen LogP contribution in [-0.4, -0.2) is 38.8 Å². The van der Waals surface area contributed by atoms with E-state index in [9.17, 15) is 18.3 Å². The fourth-order valence-electron chi connectivity index (χ4n) is 4.92. The zero-order valence-electron chi connectivity index (χ0n) is 21.1. The molecule has 0 aromatic heterocycles. The molecule has 3 aromatic rings. The van der Waals surface area contributed by atoms with E-state index in [0.29, 0.717) is 17.8 Å². The first-order valence-corrected chi connectivity index (χ1v) is 14.6. The predicted octanol–water partition coefficient (Wildman–Crippen LogP) is 4.15. The number of amides is 1. The fraction of sp³-hybridized carbons (Fsp3) is 0.345. The van der Waals surface area contributed by atoms with Crippen LogP contribution in [0.1, 0.15) is 64.8 Å². The Morgan fingerprint density at radius 2 is 1.65 bits per heavy atom. The maximum atomic E-state index is 12.7. The molecule has 1 amide bonds. The van der Waals surface area contributed by atoms with Crippen molar-refractivity contribution < 1.29 is 18.3 Å². The van der Waals surface area contributed by atoms with Crippen LogP contribution in [0.5, 0.6) is 0 Å². The first kappa shape index (κ1) is 26.9. The van der Waals surface area contributed by atoms with Crippen LogP contribution in [0, 0.1) is 0 Å². The molecule has 8 heteroatoms. The van der Waals surface area contributed by atoms with E-state index in [1.54, 1.807) is 18.2 Å². The molecule has 1 aliphatic rings. The van der Waals surface area contributed by atoms with Crippen molar-refractivity contribution in [1.29, 1.82) is 0 Å². The predicted molar refractivity (Wildman–Crippen MR) is 148 cm³/mol. The standard InChI is InChI=1S/C29H35N3O4S/c1-37(35,36)32-29(34)26-15-12-24(18-27(26)22-4-2-3-5-22)21-8-6-20(7-9-21)16-17-31-19-28(33)23-10-13-25(30)14-11-23/h6-15,18,22,28,31,33H,2-5,16-17,19,30H2,1H3,(H,32,34)/t28-/m1/s1. The molecule has 1 aliphatic carbocycles. The fourth-order valence-corrected chi connectivity index (χ4v) is 5.37. The summed E-state index contributed by atoms with van der Waals surface area (Å²) in [7, 11) is -3.63. The lowest BCUT2D eigenvalue weighted by Crippen LogP contribution is -2.30. The number of nitrogens with one attached hydrogen (secondary N) is 2. The summed E-state index contributed by atoms with van der Waals surface area (Å²) >= 11 is 0. The number of aliphatic hydroxyl groups excluding tert-OH is 1. The summed E-state index contributed by atoms with van der Waals surface area (Å²) in [5.74, 6) is -0.311. The molecule has 4 rings (SSSR count). The molecular formula is C29H35N3O4S. The summed E-state index contributed by atoms with van der Waals surface area (Å²) < 4.78 is 25.4. The molecule has 37 heavy (non-hydrogen) atoms. The maximum absolute atomic E-state index is 12.7. The Bertz CT molecular complexity index is 1320. The third kappa shape index (κ3) is 7.41.